The number of hydrogen-bond donors (Lipinski definition) is 1. The van der Waals surface area contributed by atoms with Crippen molar-refractivity contribution in [1.82, 2.24) is 19.4 Å². The number of benzene rings is 2. The third kappa shape index (κ3) is 5.14. The summed E-state index contributed by atoms with van der Waals surface area (Å²) in [7, 11) is -3.64. The van der Waals surface area contributed by atoms with Gasteiger partial charge in [0.05, 0.1) is 10.6 Å². The standard InChI is InChI=1S/C22H26N4O3S/c1-3-25(4-2)22(27)19-8-12-21(13-9-19)30(28,29)24-16-14-18-6-10-20(11-7-18)26-17-5-15-23-26/h5-13,15,17,24H,3-4,14,16H2,1-2H3. The van der Waals surface area contributed by atoms with Gasteiger partial charge < -0.3 is 4.90 Å². The molecule has 0 bridgehead atoms. The minimum absolute atomic E-state index is 0.101. The van der Waals surface area contributed by atoms with Crippen LogP contribution >= 0.6 is 0 Å². The third-order valence-electron chi connectivity index (χ3n) is 4.87. The van der Waals surface area contributed by atoms with Crippen LogP contribution in [-0.2, 0) is 16.4 Å². The van der Waals surface area contributed by atoms with E-state index in [1.165, 1.54) is 12.1 Å². The largest absolute Gasteiger partial charge is 0.339 e. The highest BCUT2D eigenvalue weighted by molar-refractivity contribution is 7.89. The molecular weight excluding hydrogens is 400 g/mol. The Hall–Kier alpha value is -2.97. The van der Waals surface area contributed by atoms with Crippen molar-refractivity contribution in [3.05, 3.63) is 78.1 Å². The van der Waals surface area contributed by atoms with Crippen molar-refractivity contribution < 1.29 is 13.2 Å². The van der Waals surface area contributed by atoms with Crippen LogP contribution in [-0.4, -0.2) is 48.6 Å². The van der Waals surface area contributed by atoms with Crippen LogP contribution in [0.4, 0.5) is 0 Å². The molecule has 3 rings (SSSR count). The van der Waals surface area contributed by atoms with Gasteiger partial charge in [0.15, 0.2) is 0 Å². The average molecular weight is 427 g/mol. The first-order valence-electron chi connectivity index (χ1n) is 9.92. The van der Waals surface area contributed by atoms with Crippen LogP contribution in [0.25, 0.3) is 5.69 Å². The molecule has 1 aromatic heterocycles. The number of carbonyl (C=O) groups is 1. The van der Waals surface area contributed by atoms with Gasteiger partial charge in [-0.05, 0) is 68.3 Å². The summed E-state index contributed by atoms with van der Waals surface area (Å²) in [5.74, 6) is -0.101. The number of sulfonamides is 1. The van der Waals surface area contributed by atoms with Gasteiger partial charge in [0, 0.05) is 37.6 Å². The molecule has 0 radical (unpaired) electrons. The van der Waals surface area contributed by atoms with E-state index in [1.54, 1.807) is 27.9 Å². The minimum atomic E-state index is -3.64. The van der Waals surface area contributed by atoms with Crippen LogP contribution in [0, 0.1) is 0 Å². The first-order chi connectivity index (χ1) is 14.4. The van der Waals surface area contributed by atoms with Crippen LogP contribution in [0.3, 0.4) is 0 Å². The summed E-state index contributed by atoms with van der Waals surface area (Å²) in [5, 5.41) is 4.18. The Kier molecular flexibility index (Phi) is 7.02. The van der Waals surface area contributed by atoms with E-state index in [4.69, 9.17) is 0 Å². The van der Waals surface area contributed by atoms with E-state index < -0.39 is 10.0 Å². The summed E-state index contributed by atoms with van der Waals surface area (Å²) in [6, 6.07) is 15.7. The molecule has 0 fully saturated rings. The molecule has 0 unspecified atom stereocenters. The molecule has 0 atom stereocenters. The zero-order chi connectivity index (χ0) is 21.6. The zero-order valence-electron chi connectivity index (χ0n) is 17.2. The Morgan fingerprint density at radius 2 is 1.70 bits per heavy atom. The summed E-state index contributed by atoms with van der Waals surface area (Å²) in [6.45, 7) is 5.33. The SMILES string of the molecule is CCN(CC)C(=O)c1ccc(S(=O)(=O)NCCc2ccc(-n3cccn3)cc2)cc1. The molecule has 0 aliphatic heterocycles. The number of carbonyl (C=O) groups excluding carboxylic acids is 1. The second-order valence-corrected chi connectivity index (χ2v) is 8.53. The van der Waals surface area contributed by atoms with Crippen molar-refractivity contribution in [2.45, 2.75) is 25.2 Å². The molecular formula is C22H26N4O3S. The van der Waals surface area contributed by atoms with Gasteiger partial charge in [-0.25, -0.2) is 17.8 Å². The van der Waals surface area contributed by atoms with E-state index in [0.29, 0.717) is 25.1 Å². The lowest BCUT2D eigenvalue weighted by molar-refractivity contribution is 0.0773. The fourth-order valence-corrected chi connectivity index (χ4v) is 4.15. The molecule has 7 nitrogen and oxygen atoms in total. The van der Waals surface area contributed by atoms with E-state index in [1.807, 2.05) is 50.4 Å². The molecule has 8 heteroatoms. The molecule has 0 saturated heterocycles. The van der Waals surface area contributed by atoms with E-state index in [0.717, 1.165) is 11.3 Å². The van der Waals surface area contributed by atoms with Crippen molar-refractivity contribution in [2.75, 3.05) is 19.6 Å². The summed E-state index contributed by atoms with van der Waals surface area (Å²) < 4.78 is 29.5. The van der Waals surface area contributed by atoms with E-state index >= 15 is 0 Å². The lowest BCUT2D eigenvalue weighted by atomic mass is 10.1. The van der Waals surface area contributed by atoms with Crippen molar-refractivity contribution in [3.63, 3.8) is 0 Å². The van der Waals surface area contributed by atoms with Gasteiger partial charge in [-0.2, -0.15) is 5.10 Å². The highest BCUT2D eigenvalue weighted by Crippen LogP contribution is 2.13. The normalized spacial score (nSPS) is 11.4. The second-order valence-electron chi connectivity index (χ2n) is 6.77. The first kappa shape index (κ1) is 21.7. The summed E-state index contributed by atoms with van der Waals surface area (Å²) in [6.07, 6.45) is 4.15. The van der Waals surface area contributed by atoms with E-state index in [-0.39, 0.29) is 17.3 Å². The summed E-state index contributed by atoms with van der Waals surface area (Å²) in [4.78, 5) is 14.2. The van der Waals surface area contributed by atoms with Crippen LogP contribution in [0.5, 0.6) is 0 Å². The minimum Gasteiger partial charge on any atom is -0.339 e. The van der Waals surface area contributed by atoms with Gasteiger partial charge in [-0.3, -0.25) is 4.79 Å². The predicted octanol–water partition coefficient (Wildman–Crippen LogP) is 2.88. The zero-order valence-corrected chi connectivity index (χ0v) is 18.0. The number of rotatable bonds is 9. The van der Waals surface area contributed by atoms with Crippen molar-refractivity contribution in [2.24, 2.45) is 0 Å². The van der Waals surface area contributed by atoms with Crippen LogP contribution in [0.1, 0.15) is 29.8 Å². The Morgan fingerprint density at radius 3 is 2.27 bits per heavy atom. The number of hydrogen-bond acceptors (Lipinski definition) is 4. The molecule has 0 saturated carbocycles. The number of amides is 1. The summed E-state index contributed by atoms with van der Waals surface area (Å²) in [5.41, 5.74) is 2.45. The third-order valence-corrected chi connectivity index (χ3v) is 6.35. The molecule has 1 amide bonds. The van der Waals surface area contributed by atoms with Crippen LogP contribution in [0.15, 0.2) is 71.9 Å². The lowest BCUT2D eigenvalue weighted by Crippen LogP contribution is -2.30. The molecule has 30 heavy (non-hydrogen) atoms. The number of nitrogens with one attached hydrogen (secondary N) is 1. The first-order valence-corrected chi connectivity index (χ1v) is 11.4. The van der Waals surface area contributed by atoms with Gasteiger partial charge in [-0.15, -0.1) is 0 Å². The Bertz CT molecular complexity index is 1060. The van der Waals surface area contributed by atoms with Crippen molar-refractivity contribution in [1.29, 1.82) is 0 Å². The number of nitrogens with zero attached hydrogens (tertiary/aromatic N) is 3. The van der Waals surface area contributed by atoms with Gasteiger partial charge in [-0.1, -0.05) is 12.1 Å². The van der Waals surface area contributed by atoms with Crippen LogP contribution in [0.2, 0.25) is 0 Å². The molecule has 2 aromatic carbocycles. The average Bonchev–Trinajstić information content (AvgIpc) is 3.30. The second kappa shape index (κ2) is 9.69. The van der Waals surface area contributed by atoms with Gasteiger partial charge in [0.2, 0.25) is 10.0 Å². The highest BCUT2D eigenvalue weighted by atomic mass is 32.2. The maximum atomic E-state index is 12.5. The quantitative estimate of drug-likeness (QED) is 0.570. The molecule has 3 aromatic rings. The molecule has 158 valence electrons. The molecule has 1 N–H and O–H groups in total. The van der Waals surface area contributed by atoms with Crippen LogP contribution < -0.4 is 4.72 Å². The fourth-order valence-electron chi connectivity index (χ4n) is 3.12. The van der Waals surface area contributed by atoms with E-state index in [9.17, 15) is 13.2 Å². The summed E-state index contributed by atoms with van der Waals surface area (Å²) >= 11 is 0. The van der Waals surface area contributed by atoms with E-state index in [2.05, 4.69) is 9.82 Å². The molecule has 1 heterocycles. The topological polar surface area (TPSA) is 84.3 Å². The molecule has 0 aliphatic rings. The lowest BCUT2D eigenvalue weighted by Gasteiger charge is -2.18. The fraction of sp³-hybridized carbons (Fsp3) is 0.273. The monoisotopic (exact) mass is 426 g/mol. The van der Waals surface area contributed by atoms with Gasteiger partial charge in [0.25, 0.3) is 5.91 Å². The Morgan fingerprint density at radius 1 is 1.03 bits per heavy atom. The maximum absolute atomic E-state index is 12.5. The predicted molar refractivity (Wildman–Crippen MR) is 116 cm³/mol. The van der Waals surface area contributed by atoms with Crippen molar-refractivity contribution in [3.8, 4) is 5.69 Å². The maximum Gasteiger partial charge on any atom is 0.253 e. The highest BCUT2D eigenvalue weighted by Gasteiger charge is 2.16. The molecule has 0 spiro atoms. The number of aromatic nitrogens is 2. The smallest absolute Gasteiger partial charge is 0.253 e. The van der Waals surface area contributed by atoms with Gasteiger partial charge >= 0.3 is 0 Å². The Balaban J connectivity index is 1.58. The molecule has 0 aliphatic carbocycles. The Labute approximate surface area is 177 Å². The van der Waals surface area contributed by atoms with Crippen molar-refractivity contribution >= 4 is 15.9 Å². The van der Waals surface area contributed by atoms with Gasteiger partial charge in [0.1, 0.15) is 0 Å².